The van der Waals surface area contributed by atoms with Crippen molar-refractivity contribution < 1.29 is 9.59 Å². The van der Waals surface area contributed by atoms with Crippen LogP contribution in [0.25, 0.3) is 5.52 Å². The standard InChI is InChI=1S/C23H28N4O2/c1-4-14-26(15-5-2)23(29)21-25-20(19-9-7-8-16-27(19)21)22(28)24-18-12-10-17(6-3)11-13-18/h7-13,16H,4-6,14-15H2,1-3H3,(H,24,28). The minimum atomic E-state index is -0.325. The fourth-order valence-electron chi connectivity index (χ4n) is 3.37. The highest BCUT2D eigenvalue weighted by Gasteiger charge is 2.24. The zero-order chi connectivity index (χ0) is 20.8. The Bertz CT molecular complexity index is 986. The summed E-state index contributed by atoms with van der Waals surface area (Å²) in [5, 5.41) is 2.89. The van der Waals surface area contributed by atoms with Gasteiger partial charge in [0.1, 0.15) is 0 Å². The molecule has 0 atom stereocenters. The molecule has 0 aliphatic heterocycles. The number of aryl methyl sites for hydroxylation is 1. The third-order valence-electron chi connectivity index (χ3n) is 4.85. The molecule has 0 spiro atoms. The van der Waals surface area contributed by atoms with E-state index in [9.17, 15) is 9.59 Å². The number of aromatic nitrogens is 2. The first kappa shape index (κ1) is 20.6. The molecule has 0 saturated carbocycles. The molecule has 152 valence electrons. The molecule has 0 aliphatic rings. The number of pyridine rings is 1. The number of anilines is 1. The first-order chi connectivity index (χ1) is 14.1. The molecule has 6 nitrogen and oxygen atoms in total. The van der Waals surface area contributed by atoms with E-state index >= 15 is 0 Å². The minimum Gasteiger partial charge on any atom is -0.336 e. The Morgan fingerprint density at radius 1 is 1.00 bits per heavy atom. The van der Waals surface area contributed by atoms with Crippen molar-refractivity contribution in [2.24, 2.45) is 0 Å². The van der Waals surface area contributed by atoms with Gasteiger partial charge in [-0.3, -0.25) is 14.0 Å². The summed E-state index contributed by atoms with van der Waals surface area (Å²) in [6, 6.07) is 13.2. The molecule has 2 aromatic heterocycles. The van der Waals surface area contributed by atoms with Crippen LogP contribution in [0.1, 0.15) is 60.3 Å². The van der Waals surface area contributed by atoms with Gasteiger partial charge >= 0.3 is 0 Å². The lowest BCUT2D eigenvalue weighted by molar-refractivity contribution is 0.0742. The van der Waals surface area contributed by atoms with E-state index in [2.05, 4.69) is 17.2 Å². The third-order valence-corrected chi connectivity index (χ3v) is 4.85. The lowest BCUT2D eigenvalue weighted by Crippen LogP contribution is -2.33. The Labute approximate surface area is 171 Å². The SMILES string of the molecule is CCCN(CCC)C(=O)c1nc(C(=O)Nc2ccc(CC)cc2)c2ccccn12. The summed E-state index contributed by atoms with van der Waals surface area (Å²) in [5.41, 5.74) is 2.78. The van der Waals surface area contributed by atoms with Crippen LogP contribution in [0.2, 0.25) is 0 Å². The maximum Gasteiger partial charge on any atom is 0.290 e. The van der Waals surface area contributed by atoms with Crippen LogP contribution in [0.4, 0.5) is 5.69 Å². The molecule has 29 heavy (non-hydrogen) atoms. The van der Waals surface area contributed by atoms with Gasteiger partial charge in [0.15, 0.2) is 5.69 Å². The summed E-state index contributed by atoms with van der Waals surface area (Å²) >= 11 is 0. The van der Waals surface area contributed by atoms with E-state index in [1.807, 2.05) is 56.3 Å². The predicted molar refractivity (Wildman–Crippen MR) is 115 cm³/mol. The topological polar surface area (TPSA) is 66.7 Å². The number of amides is 2. The number of rotatable bonds is 8. The van der Waals surface area contributed by atoms with Crippen molar-refractivity contribution in [2.75, 3.05) is 18.4 Å². The summed E-state index contributed by atoms with van der Waals surface area (Å²) < 4.78 is 1.70. The van der Waals surface area contributed by atoms with Crippen LogP contribution in [0.3, 0.4) is 0 Å². The van der Waals surface area contributed by atoms with E-state index in [4.69, 9.17) is 0 Å². The molecule has 0 bridgehead atoms. The van der Waals surface area contributed by atoms with Crippen molar-refractivity contribution in [1.82, 2.24) is 14.3 Å². The van der Waals surface area contributed by atoms with Crippen LogP contribution in [-0.4, -0.2) is 39.2 Å². The second kappa shape index (κ2) is 9.37. The lowest BCUT2D eigenvalue weighted by atomic mass is 10.1. The number of benzene rings is 1. The van der Waals surface area contributed by atoms with Crippen LogP contribution in [0.15, 0.2) is 48.7 Å². The van der Waals surface area contributed by atoms with Crippen molar-refractivity contribution >= 4 is 23.0 Å². The number of fused-ring (bicyclic) bond motifs is 1. The van der Waals surface area contributed by atoms with Gasteiger partial charge in [-0.05, 0) is 49.1 Å². The van der Waals surface area contributed by atoms with Crippen LogP contribution >= 0.6 is 0 Å². The van der Waals surface area contributed by atoms with Crippen molar-refractivity contribution in [3.05, 3.63) is 65.7 Å². The summed E-state index contributed by atoms with van der Waals surface area (Å²) in [5.74, 6) is -0.204. The number of nitrogens with one attached hydrogen (secondary N) is 1. The van der Waals surface area contributed by atoms with Gasteiger partial charge in [0.05, 0.1) is 5.52 Å². The highest BCUT2D eigenvalue weighted by Crippen LogP contribution is 2.18. The fraction of sp³-hybridized carbons (Fsp3) is 0.348. The van der Waals surface area contributed by atoms with Gasteiger partial charge in [0.2, 0.25) is 5.82 Å². The van der Waals surface area contributed by atoms with E-state index in [1.165, 1.54) is 5.56 Å². The van der Waals surface area contributed by atoms with E-state index in [-0.39, 0.29) is 23.3 Å². The summed E-state index contributed by atoms with van der Waals surface area (Å²) in [4.78, 5) is 32.3. The predicted octanol–water partition coefficient (Wildman–Crippen LogP) is 4.41. The molecule has 3 rings (SSSR count). The van der Waals surface area contributed by atoms with Gasteiger partial charge in [-0.15, -0.1) is 0 Å². The van der Waals surface area contributed by atoms with E-state index in [1.54, 1.807) is 15.5 Å². The highest BCUT2D eigenvalue weighted by molar-refractivity contribution is 6.08. The Hall–Kier alpha value is -3.15. The maximum absolute atomic E-state index is 13.1. The molecule has 0 saturated heterocycles. The van der Waals surface area contributed by atoms with E-state index in [0.717, 1.165) is 19.3 Å². The van der Waals surface area contributed by atoms with Crippen LogP contribution in [0.5, 0.6) is 0 Å². The van der Waals surface area contributed by atoms with Crippen molar-refractivity contribution in [3.8, 4) is 0 Å². The summed E-state index contributed by atoms with van der Waals surface area (Å²) in [7, 11) is 0. The van der Waals surface area contributed by atoms with Gasteiger partial charge < -0.3 is 10.2 Å². The zero-order valence-corrected chi connectivity index (χ0v) is 17.3. The Morgan fingerprint density at radius 3 is 2.31 bits per heavy atom. The fourth-order valence-corrected chi connectivity index (χ4v) is 3.37. The minimum absolute atomic E-state index is 0.152. The average molecular weight is 393 g/mol. The average Bonchev–Trinajstić information content (AvgIpc) is 3.13. The molecule has 1 N–H and O–H groups in total. The lowest BCUT2D eigenvalue weighted by Gasteiger charge is -2.20. The number of hydrogen-bond acceptors (Lipinski definition) is 3. The number of imidazole rings is 1. The molecule has 1 aromatic carbocycles. The van der Waals surface area contributed by atoms with Crippen LogP contribution < -0.4 is 5.32 Å². The Kier molecular flexibility index (Phi) is 6.65. The summed E-state index contributed by atoms with van der Waals surface area (Å²) in [6.07, 6.45) is 4.46. The monoisotopic (exact) mass is 392 g/mol. The summed E-state index contributed by atoms with van der Waals surface area (Å²) in [6.45, 7) is 7.51. The molecule has 2 amide bonds. The maximum atomic E-state index is 13.1. The van der Waals surface area contributed by atoms with Gasteiger partial charge in [0, 0.05) is 25.0 Å². The van der Waals surface area contributed by atoms with Crippen molar-refractivity contribution in [3.63, 3.8) is 0 Å². The Morgan fingerprint density at radius 2 is 1.69 bits per heavy atom. The number of hydrogen-bond donors (Lipinski definition) is 1. The highest BCUT2D eigenvalue weighted by atomic mass is 16.2. The molecular formula is C23H28N4O2. The van der Waals surface area contributed by atoms with Gasteiger partial charge in [-0.2, -0.15) is 0 Å². The smallest absolute Gasteiger partial charge is 0.290 e. The van der Waals surface area contributed by atoms with Crippen LogP contribution in [-0.2, 0) is 6.42 Å². The number of nitrogens with zero attached hydrogens (tertiary/aromatic N) is 3. The van der Waals surface area contributed by atoms with E-state index < -0.39 is 0 Å². The Balaban J connectivity index is 1.94. The quantitative estimate of drug-likeness (QED) is 0.617. The van der Waals surface area contributed by atoms with E-state index in [0.29, 0.717) is 24.3 Å². The largest absolute Gasteiger partial charge is 0.336 e. The normalized spacial score (nSPS) is 10.9. The molecule has 0 aliphatic carbocycles. The first-order valence-electron chi connectivity index (χ1n) is 10.3. The molecule has 0 radical (unpaired) electrons. The second-order valence-electron chi connectivity index (χ2n) is 7.04. The van der Waals surface area contributed by atoms with Gasteiger partial charge in [-0.25, -0.2) is 4.98 Å². The second-order valence-corrected chi connectivity index (χ2v) is 7.04. The van der Waals surface area contributed by atoms with Gasteiger partial charge in [-0.1, -0.05) is 39.0 Å². The molecule has 0 unspecified atom stereocenters. The molecule has 6 heteroatoms. The molecule has 0 fully saturated rings. The van der Waals surface area contributed by atoms with Gasteiger partial charge in [0.25, 0.3) is 11.8 Å². The number of carbonyl (C=O) groups excluding carboxylic acids is 2. The van der Waals surface area contributed by atoms with Crippen LogP contribution in [0, 0.1) is 0 Å². The molecular weight excluding hydrogens is 364 g/mol. The molecule has 3 aromatic rings. The van der Waals surface area contributed by atoms with Crippen molar-refractivity contribution in [2.45, 2.75) is 40.0 Å². The third kappa shape index (κ3) is 4.47. The van der Waals surface area contributed by atoms with Crippen molar-refractivity contribution in [1.29, 1.82) is 0 Å². The molecule has 2 heterocycles. The number of carbonyl (C=O) groups is 2. The zero-order valence-electron chi connectivity index (χ0n) is 17.3. The first-order valence-corrected chi connectivity index (χ1v) is 10.3.